The van der Waals surface area contributed by atoms with E-state index in [-0.39, 0.29) is 17.8 Å². The van der Waals surface area contributed by atoms with Gasteiger partial charge in [0.15, 0.2) is 11.5 Å². The van der Waals surface area contributed by atoms with Crippen molar-refractivity contribution >= 4 is 6.29 Å². The monoisotopic (exact) mass is 406 g/mol. The first-order valence-electron chi connectivity index (χ1n) is 10.9. The van der Waals surface area contributed by atoms with Crippen LogP contribution < -0.4 is 9.47 Å². The quantitative estimate of drug-likeness (QED) is 0.668. The van der Waals surface area contributed by atoms with Crippen LogP contribution in [0.1, 0.15) is 71.4 Å². The minimum absolute atomic E-state index is 0.0794. The molecule has 0 heterocycles. The highest BCUT2D eigenvalue weighted by atomic mass is 16.5. The molecule has 2 N–H and O–H groups in total. The van der Waals surface area contributed by atoms with E-state index < -0.39 is 17.1 Å². The van der Waals surface area contributed by atoms with Crippen molar-refractivity contribution in [2.45, 2.75) is 83.8 Å². The molecular weight excluding hydrogens is 368 g/mol. The number of aliphatic hydroxyl groups is 2. The number of methoxy groups -OCH3 is 2. The zero-order chi connectivity index (χ0) is 22.0. The first kappa shape index (κ1) is 23.7. The van der Waals surface area contributed by atoms with Gasteiger partial charge in [-0.1, -0.05) is 40.7 Å². The number of fused-ring (bicyclic) bond motifs is 4. The lowest BCUT2D eigenvalue weighted by Crippen LogP contribution is -2.58. The molecule has 164 valence electrons. The number of rotatable bonds is 7. The fraction of sp³-hybridized carbons (Fsp3) is 0.708. The summed E-state index contributed by atoms with van der Waals surface area (Å²) < 4.78 is 11.3. The summed E-state index contributed by atoms with van der Waals surface area (Å²) in [6.45, 7) is 10.2. The molecule has 1 aromatic carbocycles. The predicted octanol–water partition coefficient (Wildman–Crippen LogP) is 4.05. The van der Waals surface area contributed by atoms with Gasteiger partial charge < -0.3 is 24.5 Å². The molecule has 5 heteroatoms. The van der Waals surface area contributed by atoms with Gasteiger partial charge in [0, 0.05) is 17.4 Å². The number of ether oxygens (including phenoxy) is 2. The maximum Gasteiger partial charge on any atom is 0.164 e. The van der Waals surface area contributed by atoms with E-state index in [1.54, 1.807) is 14.2 Å². The first-order chi connectivity index (χ1) is 13.8. The van der Waals surface area contributed by atoms with Crippen molar-refractivity contribution in [1.29, 1.82) is 0 Å². The summed E-state index contributed by atoms with van der Waals surface area (Å²) in [5.74, 6) is 1.10. The number of aldehydes is 1. The maximum absolute atomic E-state index is 12.1. The van der Waals surface area contributed by atoms with E-state index in [9.17, 15) is 15.0 Å². The molecule has 2 aliphatic carbocycles. The summed E-state index contributed by atoms with van der Waals surface area (Å²) >= 11 is 0. The average molecular weight is 407 g/mol. The molecule has 5 unspecified atom stereocenters. The lowest BCUT2D eigenvalue weighted by molar-refractivity contribution is -0.149. The van der Waals surface area contributed by atoms with Gasteiger partial charge in [0.1, 0.15) is 11.9 Å². The molecule has 3 rings (SSSR count). The van der Waals surface area contributed by atoms with Crippen molar-refractivity contribution in [3.63, 3.8) is 0 Å². The second-order valence-electron chi connectivity index (χ2n) is 8.31. The van der Waals surface area contributed by atoms with Gasteiger partial charge in [0.05, 0.1) is 20.3 Å². The van der Waals surface area contributed by atoms with Crippen molar-refractivity contribution in [3.8, 4) is 11.5 Å². The summed E-state index contributed by atoms with van der Waals surface area (Å²) in [6, 6.07) is 3.98. The van der Waals surface area contributed by atoms with E-state index >= 15 is 0 Å². The number of carbonyl (C=O) groups is 1. The Hall–Kier alpha value is -1.59. The van der Waals surface area contributed by atoms with Crippen molar-refractivity contribution in [2.75, 3.05) is 14.2 Å². The molecule has 1 fully saturated rings. The van der Waals surface area contributed by atoms with Crippen LogP contribution >= 0.6 is 0 Å². The number of hydrogen-bond donors (Lipinski definition) is 2. The molecule has 1 saturated carbocycles. The molecule has 2 bridgehead atoms. The molecule has 0 spiro atoms. The smallest absolute Gasteiger partial charge is 0.164 e. The molecule has 29 heavy (non-hydrogen) atoms. The zero-order valence-electron chi connectivity index (χ0n) is 19.0. The Bertz CT molecular complexity index is 732. The average Bonchev–Trinajstić information content (AvgIpc) is 2.92. The van der Waals surface area contributed by atoms with Crippen molar-refractivity contribution < 1.29 is 24.5 Å². The van der Waals surface area contributed by atoms with Crippen LogP contribution in [0.5, 0.6) is 11.5 Å². The largest absolute Gasteiger partial charge is 0.493 e. The highest BCUT2D eigenvalue weighted by molar-refractivity contribution is 5.60. The standard InChI is InChI=1S/C22H32O5.C2H6/c1-6-20-12-15-8-9-16(26-4)19(27-5)18(15)21(7-2,13-20)22(25,14(20)3)17(24)10-11-23;1-2/h8-9,11,14,17,24-25H,6-7,10,12-13H2,1-5H3;1-2H3. The molecule has 1 aromatic rings. The Morgan fingerprint density at radius 3 is 2.34 bits per heavy atom. The number of benzene rings is 1. The Kier molecular flexibility index (Phi) is 7.06. The van der Waals surface area contributed by atoms with E-state index in [4.69, 9.17) is 9.47 Å². The van der Waals surface area contributed by atoms with Crippen LogP contribution in [0.15, 0.2) is 12.1 Å². The van der Waals surface area contributed by atoms with E-state index in [0.717, 1.165) is 30.4 Å². The molecule has 2 aliphatic rings. The molecule has 0 saturated heterocycles. The third-order valence-electron chi connectivity index (χ3n) is 7.79. The van der Waals surface area contributed by atoms with Gasteiger partial charge in [-0.25, -0.2) is 0 Å². The maximum atomic E-state index is 12.1. The zero-order valence-corrected chi connectivity index (χ0v) is 19.0. The third kappa shape index (κ3) is 3.00. The van der Waals surface area contributed by atoms with Crippen molar-refractivity contribution in [2.24, 2.45) is 11.3 Å². The van der Waals surface area contributed by atoms with Crippen LogP contribution in [0.25, 0.3) is 0 Å². The molecule has 0 radical (unpaired) electrons. The Morgan fingerprint density at radius 1 is 1.21 bits per heavy atom. The SMILES string of the molecule is CC.CCC12Cc3ccc(OC)c(OC)c3C(CC)(C1)C(O)(C(O)CC=O)C2C. The summed E-state index contributed by atoms with van der Waals surface area (Å²) in [7, 11) is 3.22. The fourth-order valence-electron chi connectivity index (χ4n) is 6.32. The molecule has 0 amide bonds. The molecule has 5 nitrogen and oxygen atoms in total. The van der Waals surface area contributed by atoms with Gasteiger partial charge in [-0.05, 0) is 48.6 Å². The van der Waals surface area contributed by atoms with E-state index in [1.165, 1.54) is 0 Å². The second kappa shape index (κ2) is 8.65. The molecule has 0 aromatic heterocycles. The summed E-state index contributed by atoms with van der Waals surface area (Å²) in [4.78, 5) is 11.2. The number of aliphatic hydroxyl groups excluding tert-OH is 1. The number of hydrogen-bond acceptors (Lipinski definition) is 5. The van der Waals surface area contributed by atoms with Gasteiger partial charge in [-0.3, -0.25) is 0 Å². The molecular formula is C24H38O5. The van der Waals surface area contributed by atoms with Crippen LogP contribution in [-0.2, 0) is 16.6 Å². The Labute approximate surface area is 175 Å². The summed E-state index contributed by atoms with van der Waals surface area (Å²) in [5, 5.41) is 23.1. The van der Waals surface area contributed by atoms with Crippen LogP contribution in [0, 0.1) is 11.3 Å². The minimum atomic E-state index is -1.41. The topological polar surface area (TPSA) is 76.0 Å². The highest BCUT2D eigenvalue weighted by Gasteiger charge is 2.72. The van der Waals surface area contributed by atoms with Gasteiger partial charge in [-0.15, -0.1) is 0 Å². The van der Waals surface area contributed by atoms with Gasteiger partial charge in [0.2, 0.25) is 0 Å². The summed E-state index contributed by atoms with van der Waals surface area (Å²) in [5.41, 5.74) is -0.153. The first-order valence-corrected chi connectivity index (χ1v) is 10.9. The predicted molar refractivity (Wildman–Crippen MR) is 115 cm³/mol. The van der Waals surface area contributed by atoms with E-state index in [2.05, 4.69) is 13.0 Å². The Morgan fingerprint density at radius 2 is 1.86 bits per heavy atom. The lowest BCUT2D eigenvalue weighted by Gasteiger charge is -2.48. The van der Waals surface area contributed by atoms with Gasteiger partial charge in [-0.2, -0.15) is 0 Å². The van der Waals surface area contributed by atoms with Crippen molar-refractivity contribution in [1.82, 2.24) is 0 Å². The summed E-state index contributed by atoms with van der Waals surface area (Å²) in [6.07, 6.45) is 2.62. The van der Waals surface area contributed by atoms with Crippen LogP contribution in [0.2, 0.25) is 0 Å². The van der Waals surface area contributed by atoms with E-state index in [0.29, 0.717) is 24.2 Å². The van der Waals surface area contributed by atoms with Crippen molar-refractivity contribution in [3.05, 3.63) is 23.3 Å². The van der Waals surface area contributed by atoms with E-state index in [1.807, 2.05) is 33.8 Å². The molecule has 5 atom stereocenters. The van der Waals surface area contributed by atoms with Gasteiger partial charge >= 0.3 is 0 Å². The minimum Gasteiger partial charge on any atom is -0.493 e. The lowest BCUT2D eigenvalue weighted by atomic mass is 9.60. The third-order valence-corrected chi connectivity index (χ3v) is 7.79. The van der Waals surface area contributed by atoms with Gasteiger partial charge in [0.25, 0.3) is 0 Å². The highest BCUT2D eigenvalue weighted by Crippen LogP contribution is 2.70. The Balaban J connectivity index is 0.00000145. The fourth-order valence-corrected chi connectivity index (χ4v) is 6.32. The second-order valence-corrected chi connectivity index (χ2v) is 8.31. The molecule has 0 aliphatic heterocycles. The number of carbonyl (C=O) groups excluding carboxylic acids is 1. The van der Waals surface area contributed by atoms with Crippen LogP contribution in [-0.4, -0.2) is 42.4 Å². The van der Waals surface area contributed by atoms with Crippen LogP contribution in [0.3, 0.4) is 0 Å². The normalized spacial score (nSPS) is 33.2. The van der Waals surface area contributed by atoms with Crippen LogP contribution in [0.4, 0.5) is 0 Å².